The summed E-state index contributed by atoms with van der Waals surface area (Å²) in [6, 6.07) is 6.91. The highest BCUT2D eigenvalue weighted by atomic mass is 16.4. The van der Waals surface area contributed by atoms with Gasteiger partial charge in [-0.3, -0.25) is 9.59 Å². The molecule has 0 bridgehead atoms. The molecule has 0 saturated carbocycles. The molecule has 1 amide bonds. The normalized spacial score (nSPS) is 16.1. The van der Waals surface area contributed by atoms with E-state index < -0.39 is 12.0 Å². The number of aliphatic carboxylic acids is 1. The third-order valence-electron chi connectivity index (χ3n) is 3.24. The second-order valence-electron chi connectivity index (χ2n) is 4.56. The van der Waals surface area contributed by atoms with Gasteiger partial charge in [-0.15, -0.1) is 0 Å². The van der Waals surface area contributed by atoms with Gasteiger partial charge in [0, 0.05) is 12.5 Å². The van der Waals surface area contributed by atoms with Crippen molar-refractivity contribution in [3.05, 3.63) is 35.4 Å². The molecular formula is C13H16N2O3. The first-order chi connectivity index (χ1) is 8.58. The number of hydrogen-bond acceptors (Lipinski definition) is 3. The molecule has 1 aliphatic carbocycles. The molecule has 1 aromatic rings. The molecule has 0 radical (unpaired) electrons. The number of carboxylic acids is 1. The maximum atomic E-state index is 11.9. The molecular weight excluding hydrogens is 232 g/mol. The molecule has 0 aliphatic heterocycles. The largest absolute Gasteiger partial charge is 0.480 e. The van der Waals surface area contributed by atoms with Gasteiger partial charge in [-0.1, -0.05) is 24.3 Å². The Morgan fingerprint density at radius 3 is 2.39 bits per heavy atom. The van der Waals surface area contributed by atoms with Crippen molar-refractivity contribution in [2.45, 2.75) is 18.9 Å². The number of carboxylic acid groups (broad SMARTS) is 1. The van der Waals surface area contributed by atoms with Crippen molar-refractivity contribution >= 4 is 11.9 Å². The summed E-state index contributed by atoms with van der Waals surface area (Å²) < 4.78 is 0. The van der Waals surface area contributed by atoms with E-state index in [4.69, 9.17) is 10.8 Å². The van der Waals surface area contributed by atoms with E-state index in [-0.39, 0.29) is 18.4 Å². The van der Waals surface area contributed by atoms with Gasteiger partial charge in [0.25, 0.3) is 0 Å². The van der Waals surface area contributed by atoms with Crippen molar-refractivity contribution in [3.63, 3.8) is 0 Å². The van der Waals surface area contributed by atoms with Gasteiger partial charge in [-0.25, -0.2) is 0 Å². The van der Waals surface area contributed by atoms with Crippen molar-refractivity contribution in [2.75, 3.05) is 6.54 Å². The Bertz CT molecular complexity index is 448. The van der Waals surface area contributed by atoms with E-state index >= 15 is 0 Å². The lowest BCUT2D eigenvalue weighted by molar-refractivity contribution is -0.138. The highest BCUT2D eigenvalue weighted by molar-refractivity contribution is 5.81. The lowest BCUT2D eigenvalue weighted by Gasteiger charge is -2.12. The number of rotatable bonds is 4. The van der Waals surface area contributed by atoms with Gasteiger partial charge < -0.3 is 16.2 Å². The Morgan fingerprint density at radius 2 is 1.89 bits per heavy atom. The van der Waals surface area contributed by atoms with Crippen LogP contribution in [0.3, 0.4) is 0 Å². The van der Waals surface area contributed by atoms with Gasteiger partial charge in [0.2, 0.25) is 5.91 Å². The smallest absolute Gasteiger partial charge is 0.322 e. The van der Waals surface area contributed by atoms with Gasteiger partial charge in [0.05, 0.1) is 0 Å². The Kier molecular flexibility index (Phi) is 3.62. The predicted molar refractivity (Wildman–Crippen MR) is 66.0 cm³/mol. The summed E-state index contributed by atoms with van der Waals surface area (Å²) in [4.78, 5) is 22.4. The number of benzene rings is 1. The third kappa shape index (κ3) is 2.68. The summed E-state index contributed by atoms with van der Waals surface area (Å²) in [6.07, 6.45) is 1.43. The first-order valence-electron chi connectivity index (χ1n) is 5.91. The molecule has 0 spiro atoms. The molecule has 0 saturated heterocycles. The summed E-state index contributed by atoms with van der Waals surface area (Å²) in [6.45, 7) is -0.0268. The topological polar surface area (TPSA) is 92.4 Å². The lowest BCUT2D eigenvalue weighted by atomic mass is 10.1. The van der Waals surface area contributed by atoms with Gasteiger partial charge >= 0.3 is 5.97 Å². The average molecular weight is 248 g/mol. The number of carbonyl (C=O) groups excluding carboxylic acids is 1. The van der Waals surface area contributed by atoms with Crippen molar-refractivity contribution in [2.24, 2.45) is 11.7 Å². The van der Waals surface area contributed by atoms with Crippen LogP contribution >= 0.6 is 0 Å². The molecule has 2 rings (SSSR count). The maximum absolute atomic E-state index is 11.9. The molecule has 0 fully saturated rings. The fraction of sp³-hybridized carbons (Fsp3) is 0.385. The molecule has 1 unspecified atom stereocenters. The fourth-order valence-corrected chi connectivity index (χ4v) is 2.19. The molecule has 96 valence electrons. The number of carbonyl (C=O) groups is 2. The van der Waals surface area contributed by atoms with Crippen LogP contribution < -0.4 is 11.1 Å². The summed E-state index contributed by atoms with van der Waals surface area (Å²) in [7, 11) is 0. The van der Waals surface area contributed by atoms with E-state index in [1.54, 1.807) is 0 Å². The Labute approximate surface area is 105 Å². The van der Waals surface area contributed by atoms with Crippen LogP contribution in [0.5, 0.6) is 0 Å². The summed E-state index contributed by atoms with van der Waals surface area (Å²) in [5.41, 5.74) is 7.72. The van der Waals surface area contributed by atoms with Gasteiger partial charge in [0.15, 0.2) is 0 Å². The number of fused-ring (bicyclic) bond motifs is 1. The van der Waals surface area contributed by atoms with Crippen LogP contribution in [0.4, 0.5) is 0 Å². The molecule has 5 nitrogen and oxygen atoms in total. The number of nitrogens with two attached hydrogens (primary N) is 1. The number of hydrogen-bond donors (Lipinski definition) is 3. The molecule has 0 aromatic heterocycles. The van der Waals surface area contributed by atoms with Crippen molar-refractivity contribution in [1.82, 2.24) is 5.32 Å². The van der Waals surface area contributed by atoms with E-state index in [2.05, 4.69) is 5.32 Å². The number of amides is 1. The minimum atomic E-state index is -1.11. The fourth-order valence-electron chi connectivity index (χ4n) is 2.19. The molecule has 1 atom stereocenters. The molecule has 5 heteroatoms. The average Bonchev–Trinajstić information content (AvgIpc) is 2.79. The van der Waals surface area contributed by atoms with Crippen LogP contribution in [-0.2, 0) is 22.4 Å². The Morgan fingerprint density at radius 1 is 1.33 bits per heavy atom. The SMILES string of the molecule is NC(CNC(=O)C1Cc2ccccc2C1)C(=O)O. The zero-order valence-electron chi connectivity index (χ0n) is 9.93. The second kappa shape index (κ2) is 5.18. The summed E-state index contributed by atoms with van der Waals surface area (Å²) >= 11 is 0. The van der Waals surface area contributed by atoms with E-state index in [0.29, 0.717) is 12.8 Å². The van der Waals surface area contributed by atoms with Crippen LogP contribution in [0, 0.1) is 5.92 Å². The van der Waals surface area contributed by atoms with Crippen LogP contribution in [-0.4, -0.2) is 29.6 Å². The summed E-state index contributed by atoms with van der Waals surface area (Å²) in [5, 5.41) is 11.2. The van der Waals surface area contributed by atoms with E-state index in [1.807, 2.05) is 24.3 Å². The monoisotopic (exact) mass is 248 g/mol. The minimum Gasteiger partial charge on any atom is -0.480 e. The zero-order chi connectivity index (χ0) is 13.1. The predicted octanol–water partition coefficient (Wildman–Crippen LogP) is -0.0705. The van der Waals surface area contributed by atoms with Crippen LogP contribution in [0.25, 0.3) is 0 Å². The highest BCUT2D eigenvalue weighted by Gasteiger charge is 2.27. The van der Waals surface area contributed by atoms with Crippen molar-refractivity contribution in [3.8, 4) is 0 Å². The number of nitrogens with one attached hydrogen (secondary N) is 1. The lowest BCUT2D eigenvalue weighted by Crippen LogP contribution is -2.44. The van der Waals surface area contributed by atoms with Gasteiger partial charge in [0.1, 0.15) is 6.04 Å². The first-order valence-corrected chi connectivity index (χ1v) is 5.91. The molecule has 0 heterocycles. The molecule has 1 aliphatic rings. The van der Waals surface area contributed by atoms with Crippen molar-refractivity contribution < 1.29 is 14.7 Å². The molecule has 18 heavy (non-hydrogen) atoms. The standard InChI is InChI=1S/C13H16N2O3/c14-11(13(17)18)7-15-12(16)10-5-8-3-1-2-4-9(8)6-10/h1-4,10-11H,5-7,14H2,(H,15,16)(H,17,18). The third-order valence-corrected chi connectivity index (χ3v) is 3.24. The van der Waals surface area contributed by atoms with Crippen LogP contribution in [0.2, 0.25) is 0 Å². The Balaban J connectivity index is 1.88. The summed E-state index contributed by atoms with van der Waals surface area (Å²) in [5.74, 6) is -1.34. The molecule has 1 aromatic carbocycles. The van der Waals surface area contributed by atoms with Crippen LogP contribution in [0.15, 0.2) is 24.3 Å². The quantitative estimate of drug-likeness (QED) is 0.695. The Hall–Kier alpha value is -1.88. The maximum Gasteiger partial charge on any atom is 0.322 e. The van der Waals surface area contributed by atoms with Crippen LogP contribution in [0.1, 0.15) is 11.1 Å². The van der Waals surface area contributed by atoms with E-state index in [0.717, 1.165) is 0 Å². The van der Waals surface area contributed by atoms with Crippen molar-refractivity contribution in [1.29, 1.82) is 0 Å². The minimum absolute atomic E-state index is 0.0268. The second-order valence-corrected chi connectivity index (χ2v) is 4.56. The van der Waals surface area contributed by atoms with Gasteiger partial charge in [-0.05, 0) is 24.0 Å². The molecule has 4 N–H and O–H groups in total. The highest BCUT2D eigenvalue weighted by Crippen LogP contribution is 2.26. The van der Waals surface area contributed by atoms with Gasteiger partial charge in [-0.2, -0.15) is 0 Å². The van der Waals surface area contributed by atoms with E-state index in [9.17, 15) is 9.59 Å². The first kappa shape index (κ1) is 12.6. The zero-order valence-corrected chi connectivity index (χ0v) is 9.93. The van der Waals surface area contributed by atoms with E-state index in [1.165, 1.54) is 11.1 Å².